The molecule has 5 heteroatoms. The number of hydrogen-bond donors (Lipinski definition) is 1. The van der Waals surface area contributed by atoms with Gasteiger partial charge in [-0.25, -0.2) is 9.97 Å². The molecule has 1 N–H and O–H groups in total. The van der Waals surface area contributed by atoms with Crippen molar-refractivity contribution in [2.75, 3.05) is 19.0 Å². The Morgan fingerprint density at radius 3 is 3.00 bits per heavy atom. The Hall–Kier alpha value is -1.36. The maximum Gasteiger partial charge on any atom is 0.221 e. The normalized spacial score (nSPS) is 21.2. The lowest BCUT2D eigenvalue weighted by Crippen LogP contribution is -2.30. The molecule has 1 aromatic heterocycles. The monoisotopic (exact) mass is 237 g/mol. The van der Waals surface area contributed by atoms with Gasteiger partial charge in [0.1, 0.15) is 12.1 Å². The first-order valence-electron chi connectivity index (χ1n) is 5.96. The van der Waals surface area contributed by atoms with E-state index in [1.54, 1.807) is 7.11 Å². The lowest BCUT2D eigenvalue weighted by molar-refractivity contribution is 0.0995. The van der Waals surface area contributed by atoms with Crippen molar-refractivity contribution in [1.29, 1.82) is 0 Å². The summed E-state index contributed by atoms with van der Waals surface area (Å²) in [5.74, 6) is 1.43. The molecule has 0 aliphatic carbocycles. The molecule has 1 aliphatic heterocycles. The van der Waals surface area contributed by atoms with Crippen LogP contribution in [0.2, 0.25) is 0 Å². The number of nitrogens with one attached hydrogen (secondary N) is 1. The third-order valence-electron chi connectivity index (χ3n) is 3.12. The highest BCUT2D eigenvalue weighted by Crippen LogP contribution is 2.23. The predicted octanol–water partition coefficient (Wildman–Crippen LogP) is 1.77. The molecule has 2 rings (SSSR count). The van der Waals surface area contributed by atoms with E-state index >= 15 is 0 Å². The zero-order valence-electron chi connectivity index (χ0n) is 10.6. The topological polar surface area (TPSA) is 56.3 Å². The highest BCUT2D eigenvalue weighted by Gasteiger charge is 2.23. The second-order valence-electron chi connectivity index (χ2n) is 4.34. The van der Waals surface area contributed by atoms with Crippen LogP contribution in [-0.4, -0.2) is 35.8 Å². The molecule has 1 aromatic rings. The first-order chi connectivity index (χ1) is 8.22. The summed E-state index contributed by atoms with van der Waals surface area (Å²) in [7, 11) is 1.61. The van der Waals surface area contributed by atoms with Gasteiger partial charge < -0.3 is 14.8 Å². The smallest absolute Gasteiger partial charge is 0.221 e. The van der Waals surface area contributed by atoms with Crippen molar-refractivity contribution >= 4 is 5.82 Å². The van der Waals surface area contributed by atoms with Gasteiger partial charge >= 0.3 is 0 Å². The molecule has 1 fully saturated rings. The van der Waals surface area contributed by atoms with Gasteiger partial charge in [-0.15, -0.1) is 0 Å². The van der Waals surface area contributed by atoms with E-state index in [1.807, 2.05) is 6.92 Å². The van der Waals surface area contributed by atoms with Gasteiger partial charge in [-0.1, -0.05) is 0 Å². The minimum absolute atomic E-state index is 0.246. The number of ether oxygens (including phenoxy) is 2. The van der Waals surface area contributed by atoms with E-state index in [4.69, 9.17) is 9.47 Å². The molecule has 0 bridgehead atoms. The third-order valence-corrected chi connectivity index (χ3v) is 3.12. The molecule has 0 saturated carbocycles. The Bertz CT molecular complexity index is 378. The summed E-state index contributed by atoms with van der Waals surface area (Å²) in [6.45, 7) is 4.93. The first-order valence-corrected chi connectivity index (χ1v) is 5.96. The fourth-order valence-corrected chi connectivity index (χ4v) is 2.09. The quantitative estimate of drug-likeness (QED) is 0.865. The van der Waals surface area contributed by atoms with E-state index in [9.17, 15) is 0 Å². The third kappa shape index (κ3) is 2.66. The highest BCUT2D eigenvalue weighted by molar-refractivity contribution is 5.48. The van der Waals surface area contributed by atoms with Crippen LogP contribution in [0.15, 0.2) is 6.33 Å². The number of rotatable bonds is 4. The minimum atomic E-state index is 0.246. The second-order valence-corrected chi connectivity index (χ2v) is 4.34. The Morgan fingerprint density at radius 2 is 2.35 bits per heavy atom. The van der Waals surface area contributed by atoms with Crippen LogP contribution in [0.1, 0.15) is 25.3 Å². The molecule has 0 aromatic carbocycles. The molecule has 2 heterocycles. The van der Waals surface area contributed by atoms with Crippen LogP contribution >= 0.6 is 0 Å². The van der Waals surface area contributed by atoms with Gasteiger partial charge in [-0.2, -0.15) is 0 Å². The minimum Gasteiger partial charge on any atom is -0.481 e. The van der Waals surface area contributed by atoms with E-state index in [0.717, 1.165) is 30.8 Å². The van der Waals surface area contributed by atoms with E-state index in [2.05, 4.69) is 22.2 Å². The Morgan fingerprint density at radius 1 is 1.53 bits per heavy atom. The van der Waals surface area contributed by atoms with Crippen LogP contribution in [-0.2, 0) is 4.74 Å². The summed E-state index contributed by atoms with van der Waals surface area (Å²) >= 11 is 0. The summed E-state index contributed by atoms with van der Waals surface area (Å²) in [6, 6.07) is 0.246. The molecule has 2 unspecified atom stereocenters. The molecule has 1 aliphatic rings. The van der Waals surface area contributed by atoms with Crippen LogP contribution < -0.4 is 10.1 Å². The maximum absolute atomic E-state index is 5.65. The fraction of sp³-hybridized carbons (Fsp3) is 0.667. The number of methoxy groups -OCH3 is 1. The Balaban J connectivity index is 2.07. The van der Waals surface area contributed by atoms with E-state index < -0.39 is 0 Å². The summed E-state index contributed by atoms with van der Waals surface area (Å²) in [5.41, 5.74) is 0.930. The summed E-state index contributed by atoms with van der Waals surface area (Å²) in [6.07, 6.45) is 4.03. The fourth-order valence-electron chi connectivity index (χ4n) is 2.09. The summed E-state index contributed by atoms with van der Waals surface area (Å²) < 4.78 is 10.8. The molecule has 0 radical (unpaired) electrons. The standard InChI is InChI=1S/C12H19N3O2/c1-8-11(13-7-14-12(8)16-3)15-9(2)10-5-4-6-17-10/h7,9-10H,4-6H2,1-3H3,(H,13,14,15). The molecule has 17 heavy (non-hydrogen) atoms. The molecule has 94 valence electrons. The van der Waals surface area contributed by atoms with Crippen LogP contribution in [0.25, 0.3) is 0 Å². The molecule has 2 atom stereocenters. The van der Waals surface area contributed by atoms with Crippen molar-refractivity contribution in [3.63, 3.8) is 0 Å². The number of anilines is 1. The van der Waals surface area contributed by atoms with Crippen molar-refractivity contribution in [3.05, 3.63) is 11.9 Å². The second kappa shape index (κ2) is 5.31. The largest absolute Gasteiger partial charge is 0.481 e. The zero-order valence-corrected chi connectivity index (χ0v) is 10.6. The summed E-state index contributed by atoms with van der Waals surface area (Å²) in [4.78, 5) is 8.30. The van der Waals surface area contributed by atoms with Crippen molar-refractivity contribution < 1.29 is 9.47 Å². The molecule has 0 spiro atoms. The van der Waals surface area contributed by atoms with Crippen LogP contribution in [0.4, 0.5) is 5.82 Å². The zero-order chi connectivity index (χ0) is 12.3. The molecule has 1 saturated heterocycles. The molecular weight excluding hydrogens is 218 g/mol. The van der Waals surface area contributed by atoms with E-state index in [-0.39, 0.29) is 12.1 Å². The molecule has 5 nitrogen and oxygen atoms in total. The van der Waals surface area contributed by atoms with Crippen molar-refractivity contribution in [2.45, 2.75) is 38.8 Å². The van der Waals surface area contributed by atoms with Gasteiger partial charge in [0.2, 0.25) is 5.88 Å². The van der Waals surface area contributed by atoms with E-state index in [1.165, 1.54) is 6.33 Å². The highest BCUT2D eigenvalue weighted by atomic mass is 16.5. The van der Waals surface area contributed by atoms with Gasteiger partial charge in [-0.3, -0.25) is 0 Å². The lowest BCUT2D eigenvalue weighted by atomic mass is 10.1. The summed E-state index contributed by atoms with van der Waals surface area (Å²) in [5, 5.41) is 3.37. The Kier molecular flexibility index (Phi) is 3.78. The molecular formula is C12H19N3O2. The van der Waals surface area contributed by atoms with Gasteiger partial charge in [0.05, 0.1) is 24.8 Å². The van der Waals surface area contributed by atoms with Crippen LogP contribution in [0.5, 0.6) is 5.88 Å². The van der Waals surface area contributed by atoms with Gasteiger partial charge in [-0.05, 0) is 26.7 Å². The number of aromatic nitrogens is 2. The van der Waals surface area contributed by atoms with Crippen molar-refractivity contribution in [2.24, 2.45) is 0 Å². The number of hydrogen-bond acceptors (Lipinski definition) is 5. The maximum atomic E-state index is 5.65. The van der Waals surface area contributed by atoms with Crippen molar-refractivity contribution in [3.8, 4) is 5.88 Å². The number of nitrogens with zero attached hydrogens (tertiary/aromatic N) is 2. The van der Waals surface area contributed by atoms with Gasteiger partial charge in [0.25, 0.3) is 0 Å². The lowest BCUT2D eigenvalue weighted by Gasteiger charge is -2.21. The van der Waals surface area contributed by atoms with Gasteiger partial charge in [0, 0.05) is 6.61 Å². The SMILES string of the molecule is COc1ncnc(NC(C)C2CCCO2)c1C. The first kappa shape index (κ1) is 12.1. The van der Waals surface area contributed by atoms with Crippen LogP contribution in [0.3, 0.4) is 0 Å². The van der Waals surface area contributed by atoms with E-state index in [0.29, 0.717) is 5.88 Å². The van der Waals surface area contributed by atoms with Crippen LogP contribution in [0, 0.1) is 6.92 Å². The Labute approximate surface area is 102 Å². The average Bonchev–Trinajstić information content (AvgIpc) is 2.85. The predicted molar refractivity (Wildman–Crippen MR) is 65.4 cm³/mol. The van der Waals surface area contributed by atoms with Gasteiger partial charge in [0.15, 0.2) is 0 Å². The average molecular weight is 237 g/mol. The van der Waals surface area contributed by atoms with Crippen molar-refractivity contribution in [1.82, 2.24) is 9.97 Å². The molecule has 0 amide bonds.